The zero-order valence-corrected chi connectivity index (χ0v) is 9.22. The molecule has 2 N–H and O–H groups in total. The maximum absolute atomic E-state index is 4.29. The molecule has 0 unspecified atom stereocenters. The van der Waals surface area contributed by atoms with E-state index in [2.05, 4.69) is 32.4 Å². The van der Waals surface area contributed by atoms with Crippen LogP contribution in [-0.4, -0.2) is 15.0 Å². The Balaban J connectivity index is 1.81. The number of fused-ring (bicyclic) bond motifs is 1. The summed E-state index contributed by atoms with van der Waals surface area (Å²) in [5.74, 6) is 0. The summed E-state index contributed by atoms with van der Waals surface area (Å²) in [6, 6.07) is 10.2. The average Bonchev–Trinajstić information content (AvgIpc) is 2.89. The Labute approximate surface area is 98.7 Å². The summed E-state index contributed by atoms with van der Waals surface area (Å²) in [4.78, 5) is 11.3. The number of benzene rings is 1. The van der Waals surface area contributed by atoms with Crippen molar-refractivity contribution in [3.8, 4) is 0 Å². The van der Waals surface area contributed by atoms with Crippen molar-refractivity contribution in [3.05, 3.63) is 54.7 Å². The Morgan fingerprint density at radius 1 is 1.24 bits per heavy atom. The van der Waals surface area contributed by atoms with E-state index in [9.17, 15) is 0 Å². The van der Waals surface area contributed by atoms with Gasteiger partial charge in [-0.15, -0.1) is 0 Å². The summed E-state index contributed by atoms with van der Waals surface area (Å²) in [5, 5.41) is 4.48. The first-order valence-corrected chi connectivity index (χ1v) is 5.48. The number of pyridine rings is 1. The van der Waals surface area contributed by atoms with Crippen LogP contribution < -0.4 is 5.32 Å². The van der Waals surface area contributed by atoms with E-state index in [0.717, 1.165) is 28.8 Å². The van der Waals surface area contributed by atoms with Gasteiger partial charge in [-0.3, -0.25) is 4.98 Å². The third kappa shape index (κ3) is 2.10. The largest absolute Gasteiger partial charge is 0.379 e. The molecule has 4 heteroatoms. The van der Waals surface area contributed by atoms with Crippen LogP contribution >= 0.6 is 0 Å². The van der Waals surface area contributed by atoms with E-state index in [1.54, 1.807) is 12.5 Å². The predicted octanol–water partition coefficient (Wildman–Crippen LogP) is 2.57. The summed E-state index contributed by atoms with van der Waals surface area (Å²) in [6.45, 7) is 0.742. The van der Waals surface area contributed by atoms with Gasteiger partial charge in [0.2, 0.25) is 0 Å². The fraction of sp³-hybridized carbons (Fsp3) is 0.0769. The highest BCUT2D eigenvalue weighted by molar-refractivity contribution is 5.82. The van der Waals surface area contributed by atoms with E-state index in [4.69, 9.17) is 0 Å². The fourth-order valence-electron chi connectivity index (χ4n) is 1.76. The molecule has 0 saturated heterocycles. The number of nitrogens with one attached hydrogen (secondary N) is 2. The van der Waals surface area contributed by atoms with Crippen LogP contribution in [0.3, 0.4) is 0 Å². The van der Waals surface area contributed by atoms with Crippen LogP contribution in [0.1, 0.15) is 5.69 Å². The van der Waals surface area contributed by atoms with Crippen LogP contribution in [0.25, 0.3) is 10.9 Å². The van der Waals surface area contributed by atoms with Gasteiger partial charge in [-0.25, -0.2) is 4.98 Å². The number of nitrogens with zero attached hydrogens (tertiary/aromatic N) is 2. The van der Waals surface area contributed by atoms with Crippen LogP contribution in [0.5, 0.6) is 0 Å². The predicted molar refractivity (Wildman–Crippen MR) is 67.7 cm³/mol. The highest BCUT2D eigenvalue weighted by Gasteiger charge is 1.97. The lowest BCUT2D eigenvalue weighted by Gasteiger charge is -2.05. The van der Waals surface area contributed by atoms with Crippen molar-refractivity contribution in [1.29, 1.82) is 0 Å². The summed E-state index contributed by atoms with van der Waals surface area (Å²) in [6.07, 6.45) is 5.30. The maximum Gasteiger partial charge on any atom is 0.0922 e. The van der Waals surface area contributed by atoms with Gasteiger partial charge in [0, 0.05) is 23.5 Å². The number of hydrogen-bond acceptors (Lipinski definition) is 3. The molecule has 0 saturated carbocycles. The summed E-state index contributed by atoms with van der Waals surface area (Å²) < 4.78 is 0. The van der Waals surface area contributed by atoms with Crippen molar-refractivity contribution in [2.75, 3.05) is 5.32 Å². The first kappa shape index (κ1) is 9.84. The Hall–Kier alpha value is -2.36. The standard InChI is InChI=1S/C13H12N4/c1-2-10-6-11(3-4-13(10)15-5-1)16-8-12-7-14-9-17-12/h1-7,9,16H,8H2,(H,14,17). The number of hydrogen-bond donors (Lipinski definition) is 2. The van der Waals surface area contributed by atoms with Gasteiger partial charge in [0.05, 0.1) is 24.1 Å². The van der Waals surface area contributed by atoms with E-state index in [-0.39, 0.29) is 0 Å². The van der Waals surface area contributed by atoms with Crippen molar-refractivity contribution in [1.82, 2.24) is 15.0 Å². The van der Waals surface area contributed by atoms with Gasteiger partial charge in [0.25, 0.3) is 0 Å². The average molecular weight is 224 g/mol. The molecule has 0 fully saturated rings. The monoisotopic (exact) mass is 224 g/mol. The summed E-state index contributed by atoms with van der Waals surface area (Å²) >= 11 is 0. The minimum Gasteiger partial charge on any atom is -0.379 e. The van der Waals surface area contributed by atoms with Gasteiger partial charge in [-0.1, -0.05) is 6.07 Å². The van der Waals surface area contributed by atoms with Crippen molar-refractivity contribution < 1.29 is 0 Å². The summed E-state index contributed by atoms with van der Waals surface area (Å²) in [5.41, 5.74) is 3.16. The molecule has 3 rings (SSSR count). The lowest BCUT2D eigenvalue weighted by molar-refractivity contribution is 1.07. The first-order chi connectivity index (χ1) is 8.42. The maximum atomic E-state index is 4.29. The van der Waals surface area contributed by atoms with E-state index in [0.29, 0.717) is 0 Å². The molecule has 3 aromatic rings. The topological polar surface area (TPSA) is 53.6 Å². The fourth-order valence-corrected chi connectivity index (χ4v) is 1.76. The Kier molecular flexibility index (Phi) is 2.46. The van der Waals surface area contributed by atoms with Gasteiger partial charge in [-0.05, 0) is 24.3 Å². The van der Waals surface area contributed by atoms with Gasteiger partial charge in [0.15, 0.2) is 0 Å². The van der Waals surface area contributed by atoms with E-state index in [1.807, 2.05) is 24.4 Å². The second kappa shape index (κ2) is 4.25. The molecular weight excluding hydrogens is 212 g/mol. The van der Waals surface area contributed by atoms with E-state index in [1.165, 1.54) is 0 Å². The second-order valence-corrected chi connectivity index (χ2v) is 3.84. The highest BCUT2D eigenvalue weighted by atomic mass is 14.9. The molecule has 0 bridgehead atoms. The zero-order valence-electron chi connectivity index (χ0n) is 9.22. The molecule has 2 heterocycles. The normalized spacial score (nSPS) is 10.6. The summed E-state index contributed by atoms with van der Waals surface area (Å²) in [7, 11) is 0. The molecule has 0 aliphatic carbocycles. The number of rotatable bonds is 3. The lowest BCUT2D eigenvalue weighted by atomic mass is 10.2. The molecular formula is C13H12N4. The third-order valence-electron chi connectivity index (χ3n) is 2.64. The Morgan fingerprint density at radius 2 is 2.24 bits per heavy atom. The van der Waals surface area contributed by atoms with Crippen molar-refractivity contribution >= 4 is 16.6 Å². The van der Waals surface area contributed by atoms with Crippen LogP contribution in [0.15, 0.2) is 49.1 Å². The molecule has 0 aliphatic rings. The quantitative estimate of drug-likeness (QED) is 0.719. The molecule has 0 spiro atoms. The number of H-pyrrole nitrogens is 1. The molecule has 0 radical (unpaired) electrons. The molecule has 0 atom stereocenters. The molecule has 17 heavy (non-hydrogen) atoms. The number of anilines is 1. The van der Waals surface area contributed by atoms with E-state index >= 15 is 0 Å². The van der Waals surface area contributed by atoms with Crippen LogP contribution in [-0.2, 0) is 6.54 Å². The van der Waals surface area contributed by atoms with Gasteiger partial charge in [0.1, 0.15) is 0 Å². The lowest BCUT2D eigenvalue weighted by Crippen LogP contribution is -1.99. The highest BCUT2D eigenvalue weighted by Crippen LogP contribution is 2.17. The van der Waals surface area contributed by atoms with Crippen molar-refractivity contribution in [3.63, 3.8) is 0 Å². The van der Waals surface area contributed by atoms with Crippen molar-refractivity contribution in [2.45, 2.75) is 6.54 Å². The SMILES string of the molecule is c1cnc2ccc(NCc3cnc[nH]3)cc2c1. The van der Waals surface area contributed by atoms with Gasteiger partial charge >= 0.3 is 0 Å². The minimum absolute atomic E-state index is 0.742. The molecule has 2 aromatic heterocycles. The van der Waals surface area contributed by atoms with E-state index < -0.39 is 0 Å². The Bertz CT molecular complexity index is 616. The number of aromatic amines is 1. The number of aromatic nitrogens is 3. The van der Waals surface area contributed by atoms with Crippen LogP contribution in [0, 0.1) is 0 Å². The van der Waals surface area contributed by atoms with Gasteiger partial charge < -0.3 is 10.3 Å². The second-order valence-electron chi connectivity index (χ2n) is 3.84. The third-order valence-corrected chi connectivity index (χ3v) is 2.64. The molecule has 1 aromatic carbocycles. The van der Waals surface area contributed by atoms with Gasteiger partial charge in [-0.2, -0.15) is 0 Å². The molecule has 0 amide bonds. The minimum atomic E-state index is 0.742. The number of imidazole rings is 1. The van der Waals surface area contributed by atoms with Crippen molar-refractivity contribution in [2.24, 2.45) is 0 Å². The molecule has 84 valence electrons. The van der Waals surface area contributed by atoms with Crippen LogP contribution in [0.4, 0.5) is 5.69 Å². The zero-order chi connectivity index (χ0) is 11.5. The first-order valence-electron chi connectivity index (χ1n) is 5.48. The molecule has 4 nitrogen and oxygen atoms in total. The van der Waals surface area contributed by atoms with Crippen LogP contribution in [0.2, 0.25) is 0 Å². The smallest absolute Gasteiger partial charge is 0.0922 e. The Morgan fingerprint density at radius 3 is 3.12 bits per heavy atom. The molecule has 0 aliphatic heterocycles.